The Bertz CT molecular complexity index is 902. The van der Waals surface area contributed by atoms with Gasteiger partial charge in [-0.3, -0.25) is 19.4 Å². The van der Waals surface area contributed by atoms with Crippen LogP contribution in [0.3, 0.4) is 0 Å². The van der Waals surface area contributed by atoms with Gasteiger partial charge in [0, 0.05) is 56.5 Å². The fraction of sp³-hybridized carbons (Fsp3) is 0.417. The van der Waals surface area contributed by atoms with Crippen molar-refractivity contribution in [3.63, 3.8) is 0 Å². The van der Waals surface area contributed by atoms with E-state index in [2.05, 4.69) is 15.6 Å². The van der Waals surface area contributed by atoms with Crippen LogP contribution in [-0.4, -0.2) is 54.3 Å². The number of carbonyl (C=O) groups is 3. The summed E-state index contributed by atoms with van der Waals surface area (Å²) in [7, 11) is 1.58. The van der Waals surface area contributed by atoms with E-state index in [0.29, 0.717) is 56.8 Å². The Kier molecular flexibility index (Phi) is 8.60. The van der Waals surface area contributed by atoms with E-state index in [4.69, 9.17) is 4.74 Å². The quantitative estimate of drug-likeness (QED) is 0.745. The van der Waals surface area contributed by atoms with Gasteiger partial charge in [-0.15, -0.1) is 0 Å². The minimum absolute atomic E-state index is 0.0386. The summed E-state index contributed by atoms with van der Waals surface area (Å²) < 4.78 is 5.15. The highest BCUT2D eigenvalue weighted by Gasteiger charge is 2.22. The number of benzene rings is 1. The maximum Gasteiger partial charge on any atom is 0.253 e. The molecule has 3 rings (SSSR count). The zero-order valence-corrected chi connectivity index (χ0v) is 18.4. The van der Waals surface area contributed by atoms with Crippen LogP contribution in [-0.2, 0) is 16.1 Å². The lowest BCUT2D eigenvalue weighted by Crippen LogP contribution is -2.35. The lowest BCUT2D eigenvalue weighted by Gasteiger charge is -2.23. The van der Waals surface area contributed by atoms with E-state index in [1.54, 1.807) is 48.7 Å². The maximum absolute atomic E-state index is 13.0. The Morgan fingerprint density at radius 2 is 1.88 bits per heavy atom. The summed E-state index contributed by atoms with van der Waals surface area (Å²) in [6, 6.07) is 10.7. The summed E-state index contributed by atoms with van der Waals surface area (Å²) in [4.78, 5) is 43.7. The van der Waals surface area contributed by atoms with E-state index in [1.807, 2.05) is 12.1 Å². The SMILES string of the molecule is COc1ccc(C(=O)N2CCCC(C(=O)NCc3ccncc3)CCNC(=O)CC2)cc1. The molecule has 2 heterocycles. The van der Waals surface area contributed by atoms with Crippen LogP contribution in [0, 0.1) is 5.92 Å². The van der Waals surface area contributed by atoms with Gasteiger partial charge in [-0.25, -0.2) is 0 Å². The highest BCUT2D eigenvalue weighted by atomic mass is 16.5. The molecule has 8 nitrogen and oxygen atoms in total. The van der Waals surface area contributed by atoms with E-state index in [-0.39, 0.29) is 30.1 Å². The van der Waals surface area contributed by atoms with Crippen LogP contribution < -0.4 is 15.4 Å². The number of methoxy groups -OCH3 is 1. The molecule has 2 aromatic rings. The number of ether oxygens (including phenoxy) is 1. The number of aromatic nitrogens is 1. The topological polar surface area (TPSA) is 101 Å². The molecule has 3 amide bonds. The van der Waals surface area contributed by atoms with Crippen molar-refractivity contribution in [3.05, 3.63) is 59.9 Å². The number of rotatable bonds is 5. The first-order chi connectivity index (χ1) is 15.6. The number of hydrogen-bond acceptors (Lipinski definition) is 5. The summed E-state index contributed by atoms with van der Waals surface area (Å²) in [6.07, 6.45) is 5.52. The van der Waals surface area contributed by atoms with E-state index in [9.17, 15) is 14.4 Å². The molecule has 1 unspecified atom stereocenters. The lowest BCUT2D eigenvalue weighted by molar-refractivity contribution is -0.126. The third kappa shape index (κ3) is 6.80. The van der Waals surface area contributed by atoms with Crippen molar-refractivity contribution in [3.8, 4) is 5.75 Å². The second-order valence-corrected chi connectivity index (χ2v) is 7.82. The molecular weight excluding hydrogens is 408 g/mol. The van der Waals surface area contributed by atoms with Gasteiger partial charge in [0.2, 0.25) is 11.8 Å². The molecule has 170 valence electrons. The predicted octanol–water partition coefficient (Wildman–Crippen LogP) is 2.16. The summed E-state index contributed by atoms with van der Waals surface area (Å²) >= 11 is 0. The number of carbonyl (C=O) groups excluding carboxylic acids is 3. The van der Waals surface area contributed by atoms with E-state index >= 15 is 0 Å². The zero-order chi connectivity index (χ0) is 22.8. The number of hydrogen-bond donors (Lipinski definition) is 2. The van der Waals surface area contributed by atoms with Crippen LogP contribution in [0.2, 0.25) is 0 Å². The fourth-order valence-electron chi connectivity index (χ4n) is 3.71. The lowest BCUT2D eigenvalue weighted by atomic mass is 9.98. The maximum atomic E-state index is 13.0. The van der Waals surface area contributed by atoms with Crippen molar-refractivity contribution < 1.29 is 19.1 Å². The van der Waals surface area contributed by atoms with Gasteiger partial charge in [0.05, 0.1) is 7.11 Å². The molecular formula is C24H30N4O4. The van der Waals surface area contributed by atoms with Crippen molar-refractivity contribution in [2.75, 3.05) is 26.7 Å². The minimum Gasteiger partial charge on any atom is -0.497 e. The highest BCUT2D eigenvalue weighted by Crippen LogP contribution is 2.17. The molecule has 0 bridgehead atoms. The van der Waals surface area contributed by atoms with E-state index in [0.717, 1.165) is 5.56 Å². The van der Waals surface area contributed by atoms with Crippen molar-refractivity contribution in [1.82, 2.24) is 20.5 Å². The Hall–Kier alpha value is -3.42. The molecule has 1 aliphatic rings. The van der Waals surface area contributed by atoms with Gasteiger partial charge in [-0.1, -0.05) is 0 Å². The van der Waals surface area contributed by atoms with Crippen molar-refractivity contribution >= 4 is 17.7 Å². The molecule has 1 atom stereocenters. The average molecular weight is 439 g/mol. The Morgan fingerprint density at radius 1 is 1.12 bits per heavy atom. The van der Waals surface area contributed by atoms with Crippen LogP contribution in [0.5, 0.6) is 5.75 Å². The minimum atomic E-state index is -0.229. The molecule has 2 N–H and O–H groups in total. The van der Waals surface area contributed by atoms with E-state index < -0.39 is 0 Å². The third-order valence-electron chi connectivity index (χ3n) is 5.62. The van der Waals surface area contributed by atoms with Gasteiger partial charge in [0.1, 0.15) is 5.75 Å². The monoisotopic (exact) mass is 438 g/mol. The number of nitrogens with one attached hydrogen (secondary N) is 2. The molecule has 1 fully saturated rings. The second-order valence-electron chi connectivity index (χ2n) is 7.82. The third-order valence-corrected chi connectivity index (χ3v) is 5.62. The van der Waals surface area contributed by atoms with Gasteiger partial charge in [-0.05, 0) is 61.2 Å². The molecule has 0 radical (unpaired) electrons. The van der Waals surface area contributed by atoms with Crippen molar-refractivity contribution in [2.24, 2.45) is 5.92 Å². The molecule has 0 aliphatic carbocycles. The molecule has 1 aromatic heterocycles. The van der Waals surface area contributed by atoms with Gasteiger partial charge in [-0.2, -0.15) is 0 Å². The van der Waals surface area contributed by atoms with Crippen LogP contribution >= 0.6 is 0 Å². The van der Waals surface area contributed by atoms with Crippen LogP contribution in [0.4, 0.5) is 0 Å². The fourth-order valence-corrected chi connectivity index (χ4v) is 3.71. The Labute approximate surface area is 188 Å². The number of amides is 3. The molecule has 8 heteroatoms. The average Bonchev–Trinajstić information content (AvgIpc) is 2.87. The highest BCUT2D eigenvalue weighted by molar-refractivity contribution is 5.94. The molecule has 1 aromatic carbocycles. The molecule has 0 saturated carbocycles. The standard InChI is InChI=1S/C24H30N4O4/c1-32-21-6-4-20(5-7-21)24(31)28-15-2-3-19(10-14-26-22(29)11-16-28)23(30)27-17-18-8-12-25-13-9-18/h4-9,12-13,19H,2-3,10-11,14-17H2,1H3,(H,26,29)(H,27,30). The summed E-state index contributed by atoms with van der Waals surface area (Å²) in [5, 5.41) is 5.85. The largest absolute Gasteiger partial charge is 0.497 e. The second kappa shape index (κ2) is 11.8. The smallest absolute Gasteiger partial charge is 0.253 e. The number of nitrogens with zero attached hydrogens (tertiary/aromatic N) is 2. The predicted molar refractivity (Wildman–Crippen MR) is 120 cm³/mol. The normalized spacial score (nSPS) is 17.6. The van der Waals surface area contributed by atoms with E-state index in [1.165, 1.54) is 0 Å². The number of pyridine rings is 1. The molecule has 1 saturated heterocycles. The van der Waals surface area contributed by atoms with Crippen molar-refractivity contribution in [2.45, 2.75) is 32.2 Å². The first kappa shape index (κ1) is 23.2. The van der Waals surface area contributed by atoms with Gasteiger partial charge < -0.3 is 20.3 Å². The summed E-state index contributed by atoms with van der Waals surface area (Å²) in [6.45, 7) is 1.72. The van der Waals surface area contributed by atoms with Crippen LogP contribution in [0.25, 0.3) is 0 Å². The molecule has 32 heavy (non-hydrogen) atoms. The summed E-state index contributed by atoms with van der Waals surface area (Å²) in [5.41, 5.74) is 1.53. The van der Waals surface area contributed by atoms with Crippen LogP contribution in [0.15, 0.2) is 48.8 Å². The summed E-state index contributed by atoms with van der Waals surface area (Å²) in [5.74, 6) is 0.171. The van der Waals surface area contributed by atoms with Gasteiger partial charge >= 0.3 is 0 Å². The zero-order valence-electron chi connectivity index (χ0n) is 18.4. The molecule has 1 aliphatic heterocycles. The first-order valence-corrected chi connectivity index (χ1v) is 10.9. The van der Waals surface area contributed by atoms with Crippen molar-refractivity contribution in [1.29, 1.82) is 0 Å². The van der Waals surface area contributed by atoms with Gasteiger partial charge in [0.25, 0.3) is 5.91 Å². The first-order valence-electron chi connectivity index (χ1n) is 10.9. The van der Waals surface area contributed by atoms with Gasteiger partial charge in [0.15, 0.2) is 0 Å². The van der Waals surface area contributed by atoms with Crippen LogP contribution in [0.1, 0.15) is 41.6 Å². The Morgan fingerprint density at radius 3 is 2.59 bits per heavy atom. The molecule has 0 spiro atoms. The Balaban J connectivity index is 1.62.